The van der Waals surface area contributed by atoms with Gasteiger partial charge in [-0.25, -0.2) is 0 Å². The Morgan fingerprint density at radius 3 is 2.50 bits per heavy atom. The molecule has 0 radical (unpaired) electrons. The summed E-state index contributed by atoms with van der Waals surface area (Å²) in [5.41, 5.74) is 1.58. The third kappa shape index (κ3) is 7.37. The lowest BCUT2D eigenvalue weighted by Crippen LogP contribution is -2.38. The summed E-state index contributed by atoms with van der Waals surface area (Å²) in [6.45, 7) is 14.8. The first-order chi connectivity index (χ1) is 15.0. The smallest absolute Gasteiger partial charge is 0.291 e. The molecular formula is C26H37F2NO3. The molecule has 2 atom stereocenters. The van der Waals surface area contributed by atoms with Crippen LogP contribution in [-0.4, -0.2) is 36.7 Å². The van der Waals surface area contributed by atoms with E-state index in [1.54, 1.807) is 26.8 Å². The monoisotopic (exact) mass is 449 g/mol. The minimum Gasteiger partial charge on any atom is -0.378 e. The summed E-state index contributed by atoms with van der Waals surface area (Å²) in [6.07, 6.45) is 6.44. The fraction of sp³-hybridized carbons (Fsp3) is 0.538. The molecule has 1 N–H and O–H groups in total. The van der Waals surface area contributed by atoms with Gasteiger partial charge in [0.25, 0.3) is 5.92 Å². The summed E-state index contributed by atoms with van der Waals surface area (Å²) in [7, 11) is 0. The first-order valence-corrected chi connectivity index (χ1v) is 11.2. The van der Waals surface area contributed by atoms with Crippen LogP contribution in [0, 0.1) is 5.92 Å². The predicted octanol–water partition coefficient (Wildman–Crippen LogP) is 5.87. The summed E-state index contributed by atoms with van der Waals surface area (Å²) in [6, 6.07) is -0.601. The molecule has 0 heterocycles. The molecule has 6 heteroatoms. The highest BCUT2D eigenvalue weighted by Gasteiger charge is 2.32. The summed E-state index contributed by atoms with van der Waals surface area (Å²) in [5, 5.41) is 3.25. The highest BCUT2D eigenvalue weighted by Crippen LogP contribution is 2.31. The van der Waals surface area contributed by atoms with E-state index in [2.05, 4.69) is 11.9 Å². The normalized spacial score (nSPS) is 20.1. The Labute approximate surface area is 191 Å². The van der Waals surface area contributed by atoms with Crippen molar-refractivity contribution in [1.82, 2.24) is 5.32 Å². The van der Waals surface area contributed by atoms with Gasteiger partial charge in [-0.2, -0.15) is 8.78 Å². The fourth-order valence-electron chi connectivity index (χ4n) is 3.49. The van der Waals surface area contributed by atoms with Crippen LogP contribution in [0.25, 0.3) is 0 Å². The topological polar surface area (TPSA) is 55.4 Å². The molecule has 0 fully saturated rings. The van der Waals surface area contributed by atoms with Crippen LogP contribution in [0.3, 0.4) is 0 Å². The van der Waals surface area contributed by atoms with Crippen LogP contribution in [0.15, 0.2) is 58.9 Å². The average Bonchev–Trinajstić information content (AvgIpc) is 2.82. The van der Waals surface area contributed by atoms with Gasteiger partial charge in [-0.05, 0) is 64.2 Å². The van der Waals surface area contributed by atoms with Crippen molar-refractivity contribution in [3.8, 4) is 0 Å². The summed E-state index contributed by atoms with van der Waals surface area (Å²) in [5.74, 6) is -3.39. The van der Waals surface area contributed by atoms with Gasteiger partial charge in [0.05, 0.1) is 12.6 Å². The lowest BCUT2D eigenvalue weighted by Gasteiger charge is -2.23. The number of Topliss-reactive ketones (excluding diaryl/α,β-unsaturated/α-hetero) is 2. The first-order valence-electron chi connectivity index (χ1n) is 11.2. The number of nitrogens with one attached hydrogen (secondary N) is 1. The van der Waals surface area contributed by atoms with Gasteiger partial charge >= 0.3 is 0 Å². The molecule has 2 unspecified atom stereocenters. The van der Waals surface area contributed by atoms with Crippen molar-refractivity contribution in [2.45, 2.75) is 72.8 Å². The zero-order valence-corrected chi connectivity index (χ0v) is 20.2. The fourth-order valence-corrected chi connectivity index (χ4v) is 3.49. The minimum atomic E-state index is -3.14. The van der Waals surface area contributed by atoms with Crippen LogP contribution in [-0.2, 0) is 14.3 Å². The molecule has 0 aliphatic heterocycles. The van der Waals surface area contributed by atoms with E-state index in [4.69, 9.17) is 4.74 Å². The van der Waals surface area contributed by atoms with Gasteiger partial charge in [0.2, 0.25) is 0 Å². The maximum atomic E-state index is 14.5. The highest BCUT2D eigenvalue weighted by molar-refractivity contribution is 6.10. The van der Waals surface area contributed by atoms with Crippen LogP contribution in [0.2, 0.25) is 0 Å². The number of allylic oxidation sites excluding steroid dienone is 7. The molecule has 0 aromatic carbocycles. The zero-order valence-electron chi connectivity index (χ0n) is 20.2. The zero-order chi connectivity index (χ0) is 24.5. The van der Waals surface area contributed by atoms with Crippen molar-refractivity contribution in [1.29, 1.82) is 0 Å². The molecule has 32 heavy (non-hydrogen) atoms. The van der Waals surface area contributed by atoms with E-state index in [9.17, 15) is 18.4 Å². The summed E-state index contributed by atoms with van der Waals surface area (Å²) >= 11 is 0. The summed E-state index contributed by atoms with van der Waals surface area (Å²) < 4.78 is 34.4. The molecule has 1 aliphatic rings. The van der Waals surface area contributed by atoms with Gasteiger partial charge in [-0.15, -0.1) is 0 Å². The van der Waals surface area contributed by atoms with E-state index in [1.165, 1.54) is 12.2 Å². The number of ether oxygens (including phenoxy) is 1. The molecule has 0 aromatic heterocycles. The van der Waals surface area contributed by atoms with Crippen molar-refractivity contribution in [3.63, 3.8) is 0 Å². The Balaban J connectivity index is 3.32. The van der Waals surface area contributed by atoms with Crippen molar-refractivity contribution >= 4 is 11.6 Å². The molecule has 1 rings (SSSR count). The van der Waals surface area contributed by atoms with E-state index in [0.717, 1.165) is 12.5 Å². The maximum Gasteiger partial charge on any atom is 0.291 e. The number of ketones is 2. The van der Waals surface area contributed by atoms with Crippen molar-refractivity contribution in [2.75, 3.05) is 13.2 Å². The molecule has 4 nitrogen and oxygen atoms in total. The minimum absolute atomic E-state index is 0.00639. The third-order valence-electron chi connectivity index (χ3n) is 5.69. The van der Waals surface area contributed by atoms with Crippen molar-refractivity contribution in [2.24, 2.45) is 5.92 Å². The van der Waals surface area contributed by atoms with E-state index < -0.39 is 12.0 Å². The number of alkyl halides is 2. The molecule has 0 bridgehead atoms. The maximum absolute atomic E-state index is 14.5. The largest absolute Gasteiger partial charge is 0.378 e. The lowest BCUT2D eigenvalue weighted by atomic mass is 9.97. The van der Waals surface area contributed by atoms with Crippen LogP contribution in [0.5, 0.6) is 0 Å². The van der Waals surface area contributed by atoms with E-state index in [0.29, 0.717) is 29.9 Å². The van der Waals surface area contributed by atoms with Crippen molar-refractivity contribution < 1.29 is 23.1 Å². The van der Waals surface area contributed by atoms with Crippen LogP contribution in [0.4, 0.5) is 8.78 Å². The predicted molar refractivity (Wildman–Crippen MR) is 126 cm³/mol. The number of rotatable bonds is 11. The molecular weight excluding hydrogens is 412 g/mol. The molecule has 1 aliphatic carbocycles. The number of hydrogen-bond acceptors (Lipinski definition) is 4. The molecule has 178 valence electrons. The van der Waals surface area contributed by atoms with E-state index >= 15 is 0 Å². The molecule has 0 saturated heterocycles. The highest BCUT2D eigenvalue weighted by atomic mass is 19.3. The van der Waals surface area contributed by atoms with Gasteiger partial charge in [0, 0.05) is 35.4 Å². The number of carbonyl (C=O) groups is 2. The second-order valence-corrected chi connectivity index (χ2v) is 8.18. The first kappa shape index (κ1) is 27.7. The second kappa shape index (κ2) is 12.6. The Morgan fingerprint density at radius 1 is 1.31 bits per heavy atom. The van der Waals surface area contributed by atoms with Gasteiger partial charge in [0.1, 0.15) is 0 Å². The van der Waals surface area contributed by atoms with E-state index in [1.807, 2.05) is 20.8 Å². The van der Waals surface area contributed by atoms with Gasteiger partial charge < -0.3 is 10.1 Å². The SMILES string of the molecule is C=C(C)/C(=C\C=C(\NC1CCC(=O)C(COCC)=C(C)C1=O)C(C)CC)C(F)(F)/C=C/C. The Bertz CT molecular complexity index is 834. The molecule has 0 aromatic rings. The Hall–Kier alpha value is -2.34. The number of hydrogen-bond donors (Lipinski definition) is 1. The molecule has 0 amide bonds. The van der Waals surface area contributed by atoms with E-state index in [-0.39, 0.29) is 41.7 Å². The van der Waals surface area contributed by atoms with Gasteiger partial charge in [0.15, 0.2) is 11.6 Å². The van der Waals surface area contributed by atoms with Crippen LogP contribution >= 0.6 is 0 Å². The standard InChI is InChI=1S/C26H37F2NO3/c1-8-15-26(27,28)21(17(4)5)11-12-22(18(6)9-2)29-23-13-14-24(30)20(16-32-10-3)19(7)25(23)31/h8,11-12,15,18,23,29H,4,9-10,13-14,16H2,1-3,5-7H3/b15-8+,21-11+,22-12+. The molecule has 0 saturated carbocycles. The third-order valence-corrected chi connectivity index (χ3v) is 5.69. The average molecular weight is 450 g/mol. The Morgan fingerprint density at radius 2 is 1.97 bits per heavy atom. The second-order valence-electron chi connectivity index (χ2n) is 8.18. The summed E-state index contributed by atoms with van der Waals surface area (Å²) in [4.78, 5) is 25.6. The number of halogens is 2. The lowest BCUT2D eigenvalue weighted by molar-refractivity contribution is -0.117. The van der Waals surface area contributed by atoms with Crippen molar-refractivity contribution in [3.05, 3.63) is 58.9 Å². The van der Waals surface area contributed by atoms with Gasteiger partial charge in [-0.3, -0.25) is 9.59 Å². The quantitative estimate of drug-likeness (QED) is 0.316. The molecule has 0 spiro atoms. The van der Waals surface area contributed by atoms with Crippen LogP contribution in [0.1, 0.15) is 60.8 Å². The Kier molecular flexibility index (Phi) is 10.9. The number of carbonyl (C=O) groups excluding carboxylic acids is 2. The van der Waals surface area contributed by atoms with Crippen LogP contribution < -0.4 is 5.32 Å². The van der Waals surface area contributed by atoms with Gasteiger partial charge in [-0.1, -0.05) is 32.6 Å².